The van der Waals surface area contributed by atoms with Gasteiger partial charge < -0.3 is 10.0 Å². The van der Waals surface area contributed by atoms with Crippen LogP contribution in [0.25, 0.3) is 0 Å². The molecule has 1 atom stereocenters. The van der Waals surface area contributed by atoms with Crippen LogP contribution in [0.1, 0.15) is 17.5 Å². The molecule has 1 aromatic carbocycles. The van der Waals surface area contributed by atoms with Crippen LogP contribution in [0.5, 0.6) is 0 Å². The van der Waals surface area contributed by atoms with E-state index in [0.717, 1.165) is 12.1 Å². The fraction of sp³-hybridized carbons (Fsp3) is 0.462. The molecule has 0 spiro atoms. The highest BCUT2D eigenvalue weighted by Gasteiger charge is 2.30. The van der Waals surface area contributed by atoms with Crippen molar-refractivity contribution in [2.45, 2.75) is 25.1 Å². The van der Waals surface area contributed by atoms with Crippen LogP contribution >= 0.6 is 0 Å². The number of alkyl halides is 3. The van der Waals surface area contributed by atoms with Crippen molar-refractivity contribution >= 4 is 5.91 Å². The fourth-order valence-electron chi connectivity index (χ4n) is 2.07. The second-order valence-corrected chi connectivity index (χ2v) is 4.65. The predicted molar refractivity (Wildman–Crippen MR) is 62.4 cm³/mol. The Kier molecular flexibility index (Phi) is 3.80. The van der Waals surface area contributed by atoms with Gasteiger partial charge >= 0.3 is 6.18 Å². The minimum Gasteiger partial charge on any atom is -0.391 e. The molecule has 1 N–H and O–H groups in total. The Morgan fingerprint density at radius 3 is 2.42 bits per heavy atom. The highest BCUT2D eigenvalue weighted by Crippen LogP contribution is 2.29. The third-order valence-corrected chi connectivity index (χ3v) is 3.15. The van der Waals surface area contributed by atoms with E-state index in [1.54, 1.807) is 0 Å². The molecule has 0 aromatic heterocycles. The van der Waals surface area contributed by atoms with Crippen LogP contribution in [-0.4, -0.2) is 35.1 Å². The molecular formula is C13H14F3NO2. The van der Waals surface area contributed by atoms with Gasteiger partial charge in [-0.3, -0.25) is 4.79 Å². The largest absolute Gasteiger partial charge is 0.416 e. The van der Waals surface area contributed by atoms with Gasteiger partial charge in [-0.1, -0.05) is 12.1 Å². The number of β-amino-alcohol motifs (C(OH)–C–C–N with tert-alkyl or cyclic N) is 1. The number of aliphatic hydroxyl groups is 1. The predicted octanol–water partition coefficient (Wildman–Crippen LogP) is 1.84. The number of hydrogen-bond donors (Lipinski definition) is 1. The summed E-state index contributed by atoms with van der Waals surface area (Å²) in [6.07, 6.45) is -4.23. The lowest BCUT2D eigenvalue weighted by molar-refractivity contribution is -0.137. The van der Waals surface area contributed by atoms with Crippen LogP contribution in [0.4, 0.5) is 13.2 Å². The second-order valence-electron chi connectivity index (χ2n) is 4.65. The first-order chi connectivity index (χ1) is 8.86. The number of carbonyl (C=O) groups is 1. The van der Waals surface area contributed by atoms with E-state index in [2.05, 4.69) is 0 Å². The van der Waals surface area contributed by atoms with E-state index >= 15 is 0 Å². The third-order valence-electron chi connectivity index (χ3n) is 3.15. The first-order valence-corrected chi connectivity index (χ1v) is 5.98. The molecule has 19 heavy (non-hydrogen) atoms. The molecule has 1 aliphatic heterocycles. The van der Waals surface area contributed by atoms with Crippen LogP contribution in [0, 0.1) is 0 Å². The Balaban J connectivity index is 1.98. The lowest BCUT2D eigenvalue weighted by Gasteiger charge is -2.15. The summed E-state index contributed by atoms with van der Waals surface area (Å²) in [6.45, 7) is 0.806. The van der Waals surface area contributed by atoms with Crippen LogP contribution in [-0.2, 0) is 17.4 Å². The van der Waals surface area contributed by atoms with Crippen molar-refractivity contribution in [2.24, 2.45) is 0 Å². The summed E-state index contributed by atoms with van der Waals surface area (Å²) in [5, 5.41) is 9.32. The highest BCUT2D eigenvalue weighted by molar-refractivity contribution is 5.79. The maximum absolute atomic E-state index is 12.4. The van der Waals surface area contributed by atoms with Gasteiger partial charge in [-0.2, -0.15) is 13.2 Å². The number of aliphatic hydroxyl groups excluding tert-OH is 1. The molecule has 0 bridgehead atoms. The highest BCUT2D eigenvalue weighted by atomic mass is 19.4. The van der Waals surface area contributed by atoms with Gasteiger partial charge in [0.1, 0.15) is 0 Å². The maximum Gasteiger partial charge on any atom is 0.416 e. The lowest BCUT2D eigenvalue weighted by atomic mass is 10.1. The summed E-state index contributed by atoms with van der Waals surface area (Å²) >= 11 is 0. The number of amides is 1. The number of hydrogen-bond acceptors (Lipinski definition) is 2. The summed E-state index contributed by atoms with van der Waals surface area (Å²) in [6, 6.07) is 4.57. The number of likely N-dealkylation sites (tertiary alicyclic amines) is 1. The minimum atomic E-state index is -4.36. The molecule has 104 valence electrons. The van der Waals surface area contributed by atoms with Gasteiger partial charge in [0.2, 0.25) is 5.91 Å². The maximum atomic E-state index is 12.4. The Hall–Kier alpha value is -1.56. The molecule has 1 heterocycles. The van der Waals surface area contributed by atoms with Crippen LogP contribution in [0.3, 0.4) is 0 Å². The quantitative estimate of drug-likeness (QED) is 0.893. The Bertz CT molecular complexity index is 456. The molecule has 0 unspecified atom stereocenters. The first kappa shape index (κ1) is 13.9. The molecular weight excluding hydrogens is 259 g/mol. The van der Waals surface area contributed by atoms with Crippen LogP contribution in [0.2, 0.25) is 0 Å². The van der Waals surface area contributed by atoms with E-state index in [1.807, 2.05) is 0 Å². The van der Waals surface area contributed by atoms with Gasteiger partial charge in [0, 0.05) is 13.1 Å². The molecule has 1 aromatic rings. The molecule has 1 fully saturated rings. The van der Waals surface area contributed by atoms with E-state index in [4.69, 9.17) is 0 Å². The number of rotatable bonds is 2. The topological polar surface area (TPSA) is 40.5 Å². The molecule has 0 radical (unpaired) electrons. The number of carbonyl (C=O) groups excluding carboxylic acids is 1. The zero-order valence-corrected chi connectivity index (χ0v) is 10.2. The fourth-order valence-corrected chi connectivity index (χ4v) is 2.07. The Morgan fingerprint density at radius 2 is 1.95 bits per heavy atom. The summed E-state index contributed by atoms with van der Waals surface area (Å²) in [7, 11) is 0. The average Bonchev–Trinajstić information content (AvgIpc) is 2.75. The van der Waals surface area contributed by atoms with Crippen molar-refractivity contribution in [1.29, 1.82) is 0 Å². The van der Waals surface area contributed by atoms with Crippen molar-refractivity contribution in [1.82, 2.24) is 4.90 Å². The van der Waals surface area contributed by atoms with Gasteiger partial charge in [-0.15, -0.1) is 0 Å². The first-order valence-electron chi connectivity index (χ1n) is 5.98. The van der Waals surface area contributed by atoms with Gasteiger partial charge in [-0.25, -0.2) is 0 Å². The zero-order chi connectivity index (χ0) is 14.0. The minimum absolute atomic E-state index is 0.0604. The summed E-state index contributed by atoms with van der Waals surface area (Å²) in [5.41, 5.74) is -0.181. The zero-order valence-electron chi connectivity index (χ0n) is 10.2. The Morgan fingerprint density at radius 1 is 1.32 bits per heavy atom. The molecule has 3 nitrogen and oxygen atoms in total. The van der Waals surface area contributed by atoms with Crippen LogP contribution in [0.15, 0.2) is 24.3 Å². The smallest absolute Gasteiger partial charge is 0.391 e. The Labute approximate surface area is 108 Å². The summed E-state index contributed by atoms with van der Waals surface area (Å²) < 4.78 is 37.1. The molecule has 6 heteroatoms. The van der Waals surface area contributed by atoms with E-state index in [0.29, 0.717) is 25.1 Å². The number of benzene rings is 1. The molecule has 1 saturated heterocycles. The summed E-state index contributed by atoms with van der Waals surface area (Å²) in [4.78, 5) is 13.4. The van der Waals surface area contributed by atoms with Gasteiger partial charge in [0.05, 0.1) is 18.1 Å². The van der Waals surface area contributed by atoms with Crippen molar-refractivity contribution in [3.8, 4) is 0 Å². The van der Waals surface area contributed by atoms with E-state index < -0.39 is 17.8 Å². The molecule has 1 amide bonds. The van der Waals surface area contributed by atoms with Crippen LogP contribution < -0.4 is 0 Å². The average molecular weight is 273 g/mol. The molecule has 1 aliphatic rings. The number of nitrogens with zero attached hydrogens (tertiary/aromatic N) is 1. The van der Waals surface area contributed by atoms with Gasteiger partial charge in [0.25, 0.3) is 0 Å². The van der Waals surface area contributed by atoms with Crippen molar-refractivity contribution < 1.29 is 23.1 Å². The van der Waals surface area contributed by atoms with Crippen molar-refractivity contribution in [2.75, 3.05) is 13.1 Å². The monoisotopic (exact) mass is 273 g/mol. The normalized spacial score (nSPS) is 19.8. The standard InChI is InChI=1S/C13H14F3NO2/c14-13(15,16)10-3-1-9(2-4-10)7-12(19)17-6-5-11(18)8-17/h1-4,11,18H,5-8H2/t11-/m0/s1. The third kappa shape index (κ3) is 3.47. The van der Waals surface area contributed by atoms with E-state index in [1.165, 1.54) is 17.0 Å². The van der Waals surface area contributed by atoms with E-state index in [-0.39, 0.29) is 12.3 Å². The van der Waals surface area contributed by atoms with Gasteiger partial charge in [-0.05, 0) is 24.1 Å². The lowest BCUT2D eigenvalue weighted by Crippen LogP contribution is -2.30. The van der Waals surface area contributed by atoms with Crippen molar-refractivity contribution in [3.05, 3.63) is 35.4 Å². The summed E-state index contributed by atoms with van der Waals surface area (Å²) in [5.74, 6) is -0.170. The van der Waals surface area contributed by atoms with E-state index in [9.17, 15) is 23.1 Å². The number of halogens is 3. The van der Waals surface area contributed by atoms with Gasteiger partial charge in [0.15, 0.2) is 0 Å². The second kappa shape index (κ2) is 5.21. The molecule has 0 saturated carbocycles. The molecule has 0 aliphatic carbocycles. The molecule has 2 rings (SSSR count). The SMILES string of the molecule is O=C(Cc1ccc(C(F)(F)F)cc1)N1CC[C@H](O)C1. The van der Waals surface area contributed by atoms with Crippen molar-refractivity contribution in [3.63, 3.8) is 0 Å².